The van der Waals surface area contributed by atoms with Gasteiger partial charge >= 0.3 is 12.2 Å². The Balaban J connectivity index is 1.58. The quantitative estimate of drug-likeness (QED) is 0.567. The standard InChI is InChI=1S/C19H15F3N4O/c20-19(21,22)13-6-8-15(9-7-13)24-17-11-10-16(12-23-17)26-18(27)25-14-4-2-1-3-5-14/h1-12H,(H,23,24)(H2,25,26,27). The number of nitrogens with zero attached hydrogens (tertiary/aromatic N) is 1. The van der Waals surface area contributed by atoms with Crippen LogP contribution in [0.5, 0.6) is 0 Å². The highest BCUT2D eigenvalue weighted by Gasteiger charge is 2.29. The molecule has 0 radical (unpaired) electrons. The van der Waals surface area contributed by atoms with Crippen LogP contribution in [0.25, 0.3) is 0 Å². The molecule has 0 aliphatic carbocycles. The molecule has 5 nitrogen and oxygen atoms in total. The van der Waals surface area contributed by atoms with Crippen LogP contribution in [0.4, 0.5) is 40.8 Å². The number of aromatic nitrogens is 1. The van der Waals surface area contributed by atoms with Crippen molar-refractivity contribution < 1.29 is 18.0 Å². The molecule has 0 saturated carbocycles. The number of halogens is 3. The maximum atomic E-state index is 12.6. The van der Waals surface area contributed by atoms with Crippen LogP contribution in [0.2, 0.25) is 0 Å². The third-order valence-electron chi connectivity index (χ3n) is 3.54. The molecule has 0 bridgehead atoms. The van der Waals surface area contributed by atoms with E-state index in [1.807, 2.05) is 6.07 Å². The van der Waals surface area contributed by atoms with Crippen LogP contribution in [0, 0.1) is 0 Å². The summed E-state index contributed by atoms with van der Waals surface area (Å²) in [5.41, 5.74) is 0.882. The lowest BCUT2D eigenvalue weighted by molar-refractivity contribution is -0.137. The summed E-state index contributed by atoms with van der Waals surface area (Å²) in [4.78, 5) is 16.0. The van der Waals surface area contributed by atoms with Gasteiger partial charge in [0.25, 0.3) is 0 Å². The van der Waals surface area contributed by atoms with Gasteiger partial charge in [0.05, 0.1) is 17.4 Å². The minimum Gasteiger partial charge on any atom is -0.340 e. The molecule has 0 aliphatic heterocycles. The number of carbonyl (C=O) groups excluding carboxylic acids is 1. The first kappa shape index (κ1) is 18.2. The molecule has 0 unspecified atom stereocenters. The molecule has 1 heterocycles. The first-order valence-corrected chi connectivity index (χ1v) is 7.93. The molecular weight excluding hydrogens is 357 g/mol. The van der Waals surface area contributed by atoms with Crippen LogP contribution in [-0.4, -0.2) is 11.0 Å². The number of amides is 2. The van der Waals surface area contributed by atoms with Crippen molar-refractivity contribution in [3.8, 4) is 0 Å². The lowest BCUT2D eigenvalue weighted by atomic mass is 10.2. The van der Waals surface area contributed by atoms with Gasteiger partial charge in [0.2, 0.25) is 0 Å². The Hall–Kier alpha value is -3.55. The Labute approximate surface area is 153 Å². The van der Waals surface area contributed by atoms with E-state index in [4.69, 9.17) is 0 Å². The van der Waals surface area contributed by atoms with Crippen molar-refractivity contribution in [3.05, 3.63) is 78.5 Å². The molecule has 0 fully saturated rings. The zero-order valence-electron chi connectivity index (χ0n) is 13.9. The van der Waals surface area contributed by atoms with Gasteiger partial charge in [0.15, 0.2) is 0 Å². The zero-order valence-corrected chi connectivity index (χ0v) is 13.9. The van der Waals surface area contributed by atoms with E-state index < -0.39 is 17.8 Å². The predicted octanol–water partition coefficient (Wildman–Crippen LogP) is 5.49. The molecule has 3 rings (SSSR count). The summed E-state index contributed by atoms with van der Waals surface area (Å²) < 4.78 is 37.7. The fourth-order valence-electron chi connectivity index (χ4n) is 2.25. The summed E-state index contributed by atoms with van der Waals surface area (Å²) in [6.07, 6.45) is -2.93. The van der Waals surface area contributed by atoms with E-state index in [1.54, 1.807) is 36.4 Å². The summed E-state index contributed by atoms with van der Waals surface area (Å²) in [5.74, 6) is 0.434. The number of para-hydroxylation sites is 1. The SMILES string of the molecule is O=C(Nc1ccccc1)Nc1ccc(Nc2ccc(C(F)(F)F)cc2)nc1. The topological polar surface area (TPSA) is 66.1 Å². The van der Waals surface area contributed by atoms with E-state index >= 15 is 0 Å². The normalized spacial score (nSPS) is 10.9. The Morgan fingerprint density at radius 3 is 2.00 bits per heavy atom. The number of anilines is 4. The molecule has 2 amide bonds. The van der Waals surface area contributed by atoms with Crippen molar-refractivity contribution in [2.75, 3.05) is 16.0 Å². The van der Waals surface area contributed by atoms with Gasteiger partial charge < -0.3 is 16.0 Å². The molecule has 0 saturated heterocycles. The summed E-state index contributed by atoms with van der Waals surface area (Å²) in [7, 11) is 0. The van der Waals surface area contributed by atoms with Crippen molar-refractivity contribution in [1.82, 2.24) is 4.98 Å². The van der Waals surface area contributed by atoms with Gasteiger partial charge in [0.1, 0.15) is 5.82 Å². The Morgan fingerprint density at radius 1 is 0.778 bits per heavy atom. The summed E-state index contributed by atoms with van der Waals surface area (Å²) >= 11 is 0. The first-order valence-electron chi connectivity index (χ1n) is 7.93. The van der Waals surface area contributed by atoms with Crippen molar-refractivity contribution in [1.29, 1.82) is 0 Å². The maximum absolute atomic E-state index is 12.6. The van der Waals surface area contributed by atoms with E-state index in [0.717, 1.165) is 12.1 Å². The van der Waals surface area contributed by atoms with E-state index in [1.165, 1.54) is 18.3 Å². The van der Waals surface area contributed by atoms with Gasteiger partial charge in [-0.1, -0.05) is 18.2 Å². The first-order chi connectivity index (χ1) is 12.9. The molecule has 0 spiro atoms. The van der Waals surface area contributed by atoms with E-state index in [-0.39, 0.29) is 0 Å². The number of nitrogens with one attached hydrogen (secondary N) is 3. The maximum Gasteiger partial charge on any atom is 0.416 e. The minimum absolute atomic E-state index is 0.411. The highest BCUT2D eigenvalue weighted by Crippen LogP contribution is 2.30. The van der Waals surface area contributed by atoms with Crippen molar-refractivity contribution in [2.24, 2.45) is 0 Å². The van der Waals surface area contributed by atoms with Gasteiger partial charge in [-0.15, -0.1) is 0 Å². The largest absolute Gasteiger partial charge is 0.416 e. The lowest BCUT2D eigenvalue weighted by Gasteiger charge is -2.10. The third kappa shape index (κ3) is 5.21. The molecule has 0 atom stereocenters. The minimum atomic E-state index is -4.37. The zero-order chi connectivity index (χ0) is 19.3. The number of alkyl halides is 3. The average Bonchev–Trinajstić information content (AvgIpc) is 2.64. The van der Waals surface area contributed by atoms with Crippen LogP contribution in [0.3, 0.4) is 0 Å². The third-order valence-corrected chi connectivity index (χ3v) is 3.54. The predicted molar refractivity (Wildman–Crippen MR) is 98.0 cm³/mol. The second-order valence-electron chi connectivity index (χ2n) is 5.58. The summed E-state index contributed by atoms with van der Waals surface area (Å²) in [6, 6.07) is 16.4. The molecular formula is C19H15F3N4O. The van der Waals surface area contributed by atoms with Crippen molar-refractivity contribution in [2.45, 2.75) is 6.18 Å². The van der Waals surface area contributed by atoms with Gasteiger partial charge in [-0.3, -0.25) is 0 Å². The highest BCUT2D eigenvalue weighted by molar-refractivity contribution is 5.99. The van der Waals surface area contributed by atoms with Crippen LogP contribution in [-0.2, 0) is 6.18 Å². The molecule has 138 valence electrons. The molecule has 3 N–H and O–H groups in total. The molecule has 3 aromatic rings. The number of pyridine rings is 1. The second kappa shape index (κ2) is 7.77. The van der Waals surface area contributed by atoms with E-state index in [0.29, 0.717) is 22.9 Å². The number of hydrogen-bond acceptors (Lipinski definition) is 3. The van der Waals surface area contributed by atoms with Crippen LogP contribution in [0.15, 0.2) is 72.9 Å². The molecule has 1 aromatic heterocycles. The Morgan fingerprint density at radius 2 is 1.41 bits per heavy atom. The Bertz CT molecular complexity index is 895. The average molecular weight is 372 g/mol. The summed E-state index contributed by atoms with van der Waals surface area (Å²) in [6.45, 7) is 0. The molecule has 2 aromatic carbocycles. The number of urea groups is 1. The number of carbonyl (C=O) groups is 1. The fourth-order valence-corrected chi connectivity index (χ4v) is 2.25. The van der Waals surface area contributed by atoms with Crippen LogP contribution in [0.1, 0.15) is 5.56 Å². The second-order valence-corrected chi connectivity index (χ2v) is 5.58. The van der Waals surface area contributed by atoms with E-state index in [2.05, 4.69) is 20.9 Å². The number of hydrogen-bond donors (Lipinski definition) is 3. The lowest BCUT2D eigenvalue weighted by Crippen LogP contribution is -2.19. The van der Waals surface area contributed by atoms with Gasteiger partial charge in [-0.25, -0.2) is 9.78 Å². The monoisotopic (exact) mass is 372 g/mol. The van der Waals surface area contributed by atoms with E-state index in [9.17, 15) is 18.0 Å². The number of rotatable bonds is 4. The molecule has 8 heteroatoms. The smallest absolute Gasteiger partial charge is 0.340 e. The van der Waals surface area contributed by atoms with Crippen LogP contribution < -0.4 is 16.0 Å². The Kier molecular flexibility index (Phi) is 5.25. The highest BCUT2D eigenvalue weighted by atomic mass is 19.4. The van der Waals surface area contributed by atoms with Gasteiger partial charge in [-0.2, -0.15) is 13.2 Å². The van der Waals surface area contributed by atoms with Crippen molar-refractivity contribution in [3.63, 3.8) is 0 Å². The summed E-state index contributed by atoms with van der Waals surface area (Å²) in [5, 5.41) is 8.21. The number of benzene rings is 2. The molecule has 0 aliphatic rings. The fraction of sp³-hybridized carbons (Fsp3) is 0.0526. The van der Waals surface area contributed by atoms with Crippen molar-refractivity contribution >= 4 is 28.9 Å². The van der Waals surface area contributed by atoms with Gasteiger partial charge in [0, 0.05) is 11.4 Å². The van der Waals surface area contributed by atoms with Gasteiger partial charge in [-0.05, 0) is 48.5 Å². The molecule has 27 heavy (non-hydrogen) atoms. The van der Waals surface area contributed by atoms with Crippen LogP contribution >= 0.6 is 0 Å².